The van der Waals surface area contributed by atoms with Crippen molar-refractivity contribution in [2.75, 3.05) is 101 Å². The number of carbonyl (C=O) groups is 3. The normalized spacial score (nSPS) is 12.0. The highest BCUT2D eigenvalue weighted by Gasteiger charge is 2.26. The van der Waals surface area contributed by atoms with E-state index in [0.29, 0.717) is 33.9 Å². The van der Waals surface area contributed by atoms with Gasteiger partial charge in [0.2, 0.25) is 0 Å². The molecule has 0 spiro atoms. The second-order valence-corrected chi connectivity index (χ2v) is 23.0. The van der Waals surface area contributed by atoms with Crippen molar-refractivity contribution in [2.24, 2.45) is 0 Å². The summed E-state index contributed by atoms with van der Waals surface area (Å²) in [7, 11) is 4.46. The maximum absolute atomic E-state index is 11.5. The van der Waals surface area contributed by atoms with Crippen LogP contribution in [0.3, 0.4) is 0 Å². The van der Waals surface area contributed by atoms with E-state index < -0.39 is 36.2 Å². The lowest BCUT2D eigenvalue weighted by Crippen LogP contribution is -2.22. The lowest BCUT2D eigenvalue weighted by atomic mass is 10.1. The first-order valence-corrected chi connectivity index (χ1v) is 31.9. The number of nitrogens with zero attached hydrogens (tertiary/aromatic N) is 6. The van der Waals surface area contributed by atoms with Gasteiger partial charge in [0.05, 0.1) is 92.8 Å². The molecule has 0 aliphatic heterocycles. The average molecular weight is 1420 g/mol. The third-order valence-electron chi connectivity index (χ3n) is 15.2. The number of aliphatic hydroxyl groups is 3. The molecular formula is C72H84N6O24. The van der Waals surface area contributed by atoms with Gasteiger partial charge in [-0.15, -0.1) is 0 Å². The quantitative estimate of drug-likeness (QED) is 0.0107. The molecule has 2 aromatic heterocycles. The number of phenols is 6. The molecule has 6 aromatic carbocycles. The zero-order valence-corrected chi connectivity index (χ0v) is 58.5. The van der Waals surface area contributed by atoms with E-state index in [1.54, 1.807) is 77.9 Å². The fourth-order valence-corrected chi connectivity index (χ4v) is 9.92. The average Bonchev–Trinajstić information content (AvgIpc) is 0.775. The van der Waals surface area contributed by atoms with Crippen LogP contribution in [0.4, 0.5) is 0 Å². The van der Waals surface area contributed by atoms with E-state index in [2.05, 4.69) is 29.9 Å². The molecule has 0 radical (unpaired) electrons. The monoisotopic (exact) mass is 1420 g/mol. The zero-order chi connectivity index (χ0) is 74.5. The molecule has 8 aromatic rings. The van der Waals surface area contributed by atoms with E-state index >= 15 is 0 Å². The number of phenolic OH excluding ortho intramolecular Hbond substituents is 6. The minimum absolute atomic E-state index is 0.0350. The number of aromatic nitrogens is 6. The van der Waals surface area contributed by atoms with E-state index in [-0.39, 0.29) is 216 Å². The lowest BCUT2D eigenvalue weighted by Gasteiger charge is -2.17. The molecule has 0 aliphatic carbocycles. The van der Waals surface area contributed by atoms with Crippen LogP contribution < -0.4 is 28.4 Å². The summed E-state index contributed by atoms with van der Waals surface area (Å²) in [5.41, 5.74) is 3.05. The molecule has 3 unspecified atom stereocenters. The van der Waals surface area contributed by atoms with Gasteiger partial charge in [0.25, 0.3) is 0 Å². The molecule has 9 N–H and O–H groups in total. The fraction of sp³-hybridized carbons (Fsp3) is 0.375. The van der Waals surface area contributed by atoms with Crippen LogP contribution in [-0.4, -0.2) is 213 Å². The van der Waals surface area contributed by atoms with Crippen molar-refractivity contribution >= 4 is 17.9 Å². The van der Waals surface area contributed by atoms with Crippen molar-refractivity contribution in [1.29, 1.82) is 0 Å². The van der Waals surface area contributed by atoms with E-state index in [1.807, 2.05) is 0 Å². The highest BCUT2D eigenvalue weighted by atomic mass is 16.6. The van der Waals surface area contributed by atoms with Gasteiger partial charge in [-0.3, -0.25) is 14.4 Å². The lowest BCUT2D eigenvalue weighted by molar-refractivity contribution is -0.132. The Morgan fingerprint density at radius 2 is 0.490 bits per heavy atom. The first-order chi connectivity index (χ1) is 48.7. The molecule has 2 heterocycles. The Morgan fingerprint density at radius 3 is 0.676 bits per heavy atom. The Bertz CT molecular complexity index is 3800. The molecule has 0 aliphatic rings. The SMILES string of the molecule is CC(=O)Oc1ccc(-c2nc(-c3ccc(OC(C)=O)c(C)c3O)nc(-c3ccc(OC(C)=O)c(C)c3O)n2)c(O)c1C.COCC(O)COCCOc1ccc(-c2nc(-c3ccc(OCCOCC(O)COC)c(C)c3O)nc(-c3ccc(OCCOCC(O)COC)c(C)c3O)n2)c(O)c1C. The van der Waals surface area contributed by atoms with E-state index in [1.165, 1.54) is 78.5 Å². The molecule has 0 saturated carbocycles. The molecule has 0 amide bonds. The molecule has 30 heteroatoms. The molecule has 3 atom stereocenters. The number of methoxy groups -OCH3 is 3. The highest BCUT2D eigenvalue weighted by molar-refractivity contribution is 5.81. The van der Waals surface area contributed by atoms with Crippen LogP contribution in [0.25, 0.3) is 68.3 Å². The number of carbonyl (C=O) groups excluding carboxylic acids is 3. The second kappa shape index (κ2) is 37.3. The minimum atomic E-state index is -0.763. The summed E-state index contributed by atoms with van der Waals surface area (Å²) in [5, 5.41) is 96.8. The summed E-state index contributed by atoms with van der Waals surface area (Å²) >= 11 is 0. The van der Waals surface area contributed by atoms with E-state index in [0.717, 1.165) is 0 Å². The van der Waals surface area contributed by atoms with Crippen LogP contribution in [0.1, 0.15) is 54.2 Å². The first kappa shape index (κ1) is 78.9. The second-order valence-electron chi connectivity index (χ2n) is 23.0. The summed E-state index contributed by atoms with van der Waals surface area (Å²) in [6.07, 6.45) is -2.29. The summed E-state index contributed by atoms with van der Waals surface area (Å²) in [6, 6.07) is 18.5. The fourth-order valence-electron chi connectivity index (χ4n) is 9.92. The summed E-state index contributed by atoms with van der Waals surface area (Å²) in [6.45, 7) is 15.0. The predicted molar refractivity (Wildman–Crippen MR) is 367 cm³/mol. The van der Waals surface area contributed by atoms with Crippen molar-refractivity contribution in [1.82, 2.24) is 29.9 Å². The molecule has 0 fully saturated rings. The van der Waals surface area contributed by atoms with Crippen LogP contribution in [0.15, 0.2) is 72.8 Å². The Balaban J connectivity index is 0.000000304. The maximum atomic E-state index is 11.5. The van der Waals surface area contributed by atoms with Gasteiger partial charge in [-0.05, 0) is 114 Å². The summed E-state index contributed by atoms with van der Waals surface area (Å²) in [5.74, 6) is -1.46. The van der Waals surface area contributed by atoms with Crippen molar-refractivity contribution < 1.29 is 117 Å². The smallest absolute Gasteiger partial charge is 0.308 e. The Labute approximate surface area is 587 Å². The number of aromatic hydroxyl groups is 6. The third-order valence-corrected chi connectivity index (χ3v) is 15.2. The highest BCUT2D eigenvalue weighted by Crippen LogP contribution is 2.45. The van der Waals surface area contributed by atoms with Gasteiger partial charge in [0, 0.05) is 75.5 Å². The van der Waals surface area contributed by atoms with Gasteiger partial charge in [0.1, 0.15) is 107 Å². The number of ether oxygens (including phenoxy) is 12. The van der Waals surface area contributed by atoms with Crippen LogP contribution in [0, 0.1) is 41.5 Å². The molecule has 102 heavy (non-hydrogen) atoms. The van der Waals surface area contributed by atoms with Gasteiger partial charge in [-0.1, -0.05) is 0 Å². The third kappa shape index (κ3) is 20.6. The van der Waals surface area contributed by atoms with Crippen molar-refractivity contribution in [2.45, 2.75) is 80.6 Å². The zero-order valence-electron chi connectivity index (χ0n) is 58.5. The van der Waals surface area contributed by atoms with Crippen LogP contribution in [0.5, 0.6) is 69.0 Å². The van der Waals surface area contributed by atoms with Crippen molar-refractivity contribution in [3.63, 3.8) is 0 Å². The molecule has 546 valence electrons. The number of esters is 3. The van der Waals surface area contributed by atoms with E-state index in [9.17, 15) is 60.3 Å². The van der Waals surface area contributed by atoms with Gasteiger partial charge in [0.15, 0.2) is 34.9 Å². The molecule has 30 nitrogen and oxygen atoms in total. The van der Waals surface area contributed by atoms with E-state index in [4.69, 9.17) is 56.8 Å². The standard InChI is InChI=1S/C42H57N3O15.C30H27N3O9/c1-25-34(58-16-13-55-22-28(46)19-52-4)10-7-31(37(25)49)40-43-41(32-8-11-35(26(2)38(32)50)59-17-14-56-23-29(47)20-53-5)45-42(44-40)33-9-12-36(27(3)39(33)51)60-18-15-57-24-30(48)21-54-6;1-13-22(40-16(4)34)10-7-19(25(13)37)28-31-29(20-8-11-23(41-17(5)35)14(2)26(20)38)33-30(32-28)21-9-12-24(42-18(6)36)15(3)27(21)39/h7-12,28-30,46-51H,13-24H2,1-6H3;7-12,37-39H,1-6H3. The molecule has 8 rings (SSSR count). The van der Waals surface area contributed by atoms with Gasteiger partial charge in [-0.2, -0.15) is 0 Å². The number of rotatable bonds is 33. The Hall–Kier alpha value is -10.4. The van der Waals surface area contributed by atoms with Crippen LogP contribution >= 0.6 is 0 Å². The Kier molecular flexibility index (Phi) is 28.9. The minimum Gasteiger partial charge on any atom is -0.507 e. The number of hydrogen-bond acceptors (Lipinski definition) is 30. The Morgan fingerprint density at radius 1 is 0.304 bits per heavy atom. The van der Waals surface area contributed by atoms with Gasteiger partial charge >= 0.3 is 17.9 Å². The van der Waals surface area contributed by atoms with Crippen molar-refractivity contribution in [3.05, 3.63) is 106 Å². The summed E-state index contributed by atoms with van der Waals surface area (Å²) in [4.78, 5) is 61.9. The molecule has 0 bridgehead atoms. The number of hydrogen-bond donors (Lipinski definition) is 9. The maximum Gasteiger partial charge on any atom is 0.308 e. The number of benzene rings is 6. The predicted octanol–water partition coefficient (Wildman–Crippen LogP) is 7.81. The topological polar surface area (TPSA) is 421 Å². The molecular weight excluding hydrogens is 1330 g/mol. The van der Waals surface area contributed by atoms with Gasteiger partial charge in [-0.25, -0.2) is 29.9 Å². The largest absolute Gasteiger partial charge is 0.507 e. The van der Waals surface area contributed by atoms with Crippen LogP contribution in [-0.2, 0) is 42.8 Å². The summed E-state index contributed by atoms with van der Waals surface area (Å²) < 4.78 is 64.0. The first-order valence-electron chi connectivity index (χ1n) is 31.9. The van der Waals surface area contributed by atoms with Crippen LogP contribution in [0.2, 0.25) is 0 Å². The number of aliphatic hydroxyl groups excluding tert-OH is 3. The van der Waals surface area contributed by atoms with Gasteiger partial charge < -0.3 is 103 Å². The van der Waals surface area contributed by atoms with Crippen molar-refractivity contribution in [3.8, 4) is 137 Å². The molecule has 0 saturated heterocycles.